The highest BCUT2D eigenvalue weighted by Crippen LogP contribution is 2.49. The van der Waals surface area contributed by atoms with Gasteiger partial charge in [0.05, 0.1) is 18.8 Å². The van der Waals surface area contributed by atoms with Crippen LogP contribution in [0.25, 0.3) is 0 Å². The van der Waals surface area contributed by atoms with Crippen LogP contribution >= 0.6 is 0 Å². The molecule has 0 spiro atoms. The Hall–Kier alpha value is -3.00. The Bertz CT molecular complexity index is 1260. The van der Waals surface area contributed by atoms with Crippen LogP contribution in [0.3, 0.4) is 0 Å². The van der Waals surface area contributed by atoms with Crippen LogP contribution in [0.2, 0.25) is 0 Å². The summed E-state index contributed by atoms with van der Waals surface area (Å²) in [5.41, 5.74) is 0.0178. The van der Waals surface area contributed by atoms with Crippen LogP contribution < -0.4 is 4.74 Å². The molecule has 0 saturated carbocycles. The maximum atomic E-state index is 11.2. The molecule has 232 valence electrons. The summed E-state index contributed by atoms with van der Waals surface area (Å²) in [6, 6.07) is 5.75. The molecule has 5 rings (SSSR count). The highest BCUT2D eigenvalue weighted by Gasteiger charge is 2.50. The number of hydrogen-bond acceptors (Lipinski definition) is 16. The van der Waals surface area contributed by atoms with E-state index < -0.39 is 104 Å². The Balaban J connectivity index is 1.36. The SMILES string of the molecule is OC[C@H]1O[C@H](O[C@@H]2CO[C@H](O[C@@H]3[C@H](O)c4c(O)cc(O)cc4O[C@H]3c3ccc(O)c(O)c3)[C@@H](O)[C@H]2O)[C@H](O)[C@H](O)[C@H]1O. The molecule has 0 radical (unpaired) electrons. The first-order valence-corrected chi connectivity index (χ1v) is 12.9. The zero-order valence-corrected chi connectivity index (χ0v) is 21.7. The number of fused-ring (bicyclic) bond motifs is 1. The molecule has 0 amide bonds. The van der Waals surface area contributed by atoms with Gasteiger partial charge in [0.15, 0.2) is 30.2 Å². The zero-order valence-electron chi connectivity index (χ0n) is 21.7. The molecule has 2 aromatic carbocycles. The van der Waals surface area contributed by atoms with Crippen LogP contribution in [0.4, 0.5) is 0 Å². The van der Waals surface area contributed by atoms with Crippen molar-refractivity contribution in [2.75, 3.05) is 13.2 Å². The lowest BCUT2D eigenvalue weighted by molar-refractivity contribution is -0.350. The fourth-order valence-electron chi connectivity index (χ4n) is 5.16. The molecule has 12 atom stereocenters. The summed E-state index contributed by atoms with van der Waals surface area (Å²) >= 11 is 0. The summed E-state index contributed by atoms with van der Waals surface area (Å²) in [6.45, 7) is -1.18. The van der Waals surface area contributed by atoms with E-state index in [4.69, 9.17) is 23.7 Å². The Morgan fingerprint density at radius 1 is 0.738 bits per heavy atom. The van der Waals surface area contributed by atoms with E-state index in [0.717, 1.165) is 24.3 Å². The summed E-state index contributed by atoms with van der Waals surface area (Å²) in [4.78, 5) is 0. The van der Waals surface area contributed by atoms with Gasteiger partial charge in [0.25, 0.3) is 0 Å². The van der Waals surface area contributed by atoms with Crippen molar-refractivity contribution in [1.29, 1.82) is 0 Å². The number of rotatable bonds is 6. The number of aliphatic hydroxyl groups excluding tert-OH is 7. The molecule has 16 heteroatoms. The number of phenolic OH excluding ortho intramolecular Hbond substituents is 4. The number of phenols is 4. The fourth-order valence-corrected chi connectivity index (χ4v) is 5.16. The number of ether oxygens (including phenoxy) is 5. The lowest BCUT2D eigenvalue weighted by Crippen LogP contribution is -2.62. The van der Waals surface area contributed by atoms with E-state index in [0.29, 0.717) is 0 Å². The number of hydrogen-bond donors (Lipinski definition) is 11. The third kappa shape index (κ3) is 5.54. The maximum absolute atomic E-state index is 11.2. The number of aromatic hydroxyl groups is 4. The first-order valence-electron chi connectivity index (χ1n) is 12.9. The maximum Gasteiger partial charge on any atom is 0.187 e. The summed E-state index contributed by atoms with van der Waals surface area (Å²) in [5.74, 6) is -1.98. The van der Waals surface area contributed by atoms with E-state index in [9.17, 15) is 56.2 Å². The highest BCUT2D eigenvalue weighted by molar-refractivity contribution is 5.53. The monoisotopic (exact) mass is 600 g/mol. The van der Waals surface area contributed by atoms with Crippen LogP contribution in [0, 0.1) is 0 Å². The van der Waals surface area contributed by atoms with Crippen LogP contribution in [0.15, 0.2) is 30.3 Å². The predicted molar refractivity (Wildman–Crippen MR) is 133 cm³/mol. The quantitative estimate of drug-likeness (QED) is 0.151. The Kier molecular flexibility index (Phi) is 8.66. The lowest BCUT2D eigenvalue weighted by Gasteiger charge is -2.45. The third-order valence-corrected chi connectivity index (χ3v) is 7.48. The van der Waals surface area contributed by atoms with Gasteiger partial charge >= 0.3 is 0 Å². The summed E-state index contributed by atoms with van der Waals surface area (Å²) in [7, 11) is 0. The molecule has 0 unspecified atom stereocenters. The average Bonchev–Trinajstić information content (AvgIpc) is 2.95. The number of benzene rings is 2. The molecular weight excluding hydrogens is 568 g/mol. The van der Waals surface area contributed by atoms with E-state index >= 15 is 0 Å². The van der Waals surface area contributed by atoms with Gasteiger partial charge in [-0.3, -0.25) is 0 Å². The second-order valence-corrected chi connectivity index (χ2v) is 10.3. The predicted octanol–water partition coefficient (Wildman–Crippen LogP) is -2.68. The van der Waals surface area contributed by atoms with Crippen molar-refractivity contribution in [3.05, 3.63) is 41.5 Å². The largest absolute Gasteiger partial charge is 0.508 e. The van der Waals surface area contributed by atoms with Gasteiger partial charge in [-0.2, -0.15) is 0 Å². The molecule has 2 saturated heterocycles. The molecule has 3 aliphatic rings. The molecule has 2 fully saturated rings. The van der Waals surface area contributed by atoms with Gasteiger partial charge in [-0.1, -0.05) is 6.07 Å². The van der Waals surface area contributed by atoms with E-state index in [-0.39, 0.29) is 22.6 Å². The summed E-state index contributed by atoms with van der Waals surface area (Å²) in [5, 5.41) is 112. The molecular formula is C26H32O16. The average molecular weight is 601 g/mol. The Morgan fingerprint density at radius 3 is 2.14 bits per heavy atom. The van der Waals surface area contributed by atoms with Crippen molar-refractivity contribution in [3.63, 3.8) is 0 Å². The van der Waals surface area contributed by atoms with E-state index in [2.05, 4.69) is 0 Å². The second kappa shape index (κ2) is 11.9. The van der Waals surface area contributed by atoms with Crippen molar-refractivity contribution in [1.82, 2.24) is 0 Å². The van der Waals surface area contributed by atoms with Gasteiger partial charge in [0.2, 0.25) is 0 Å². The van der Waals surface area contributed by atoms with Gasteiger partial charge in [0, 0.05) is 12.1 Å². The highest BCUT2D eigenvalue weighted by atomic mass is 16.7. The molecule has 16 nitrogen and oxygen atoms in total. The van der Waals surface area contributed by atoms with Gasteiger partial charge in [0.1, 0.15) is 72.2 Å². The van der Waals surface area contributed by atoms with Crippen molar-refractivity contribution in [2.45, 2.75) is 73.6 Å². The topological polar surface area (TPSA) is 269 Å². The van der Waals surface area contributed by atoms with Gasteiger partial charge in [-0.05, 0) is 17.7 Å². The lowest BCUT2D eigenvalue weighted by atomic mass is 9.91. The first kappa shape index (κ1) is 30.5. The normalized spacial score (nSPS) is 38.5. The molecule has 3 heterocycles. The van der Waals surface area contributed by atoms with Crippen LogP contribution in [-0.4, -0.2) is 131 Å². The second-order valence-electron chi connectivity index (χ2n) is 10.3. The minimum atomic E-state index is -1.84. The first-order chi connectivity index (χ1) is 19.9. The Morgan fingerprint density at radius 2 is 1.45 bits per heavy atom. The fraction of sp³-hybridized carbons (Fsp3) is 0.538. The molecule has 3 aliphatic heterocycles. The third-order valence-electron chi connectivity index (χ3n) is 7.48. The zero-order chi connectivity index (χ0) is 30.5. The van der Waals surface area contributed by atoms with E-state index in [1.807, 2.05) is 0 Å². The van der Waals surface area contributed by atoms with E-state index in [1.54, 1.807) is 0 Å². The van der Waals surface area contributed by atoms with Gasteiger partial charge < -0.3 is 79.9 Å². The molecule has 11 N–H and O–H groups in total. The number of aliphatic hydroxyl groups is 7. The summed E-state index contributed by atoms with van der Waals surface area (Å²) in [6.07, 6.45) is -19.0. The van der Waals surface area contributed by atoms with Crippen molar-refractivity contribution >= 4 is 0 Å². The molecule has 0 bridgehead atoms. The standard InChI is InChI=1S/C26H32O16/c27-6-14-17(32)20(35)22(37)26(40-14)41-15-7-38-25(21(36)18(15)33)42-24-19(34)16-12(31)4-9(28)5-13(16)39-23(24)8-1-2-10(29)11(30)3-8/h1-5,14-15,17-37H,6-7H2/t14-,15-,17+,18+,19-,20-,21+,22-,23+,24-,25-,26-/m1/s1. The van der Waals surface area contributed by atoms with Crippen molar-refractivity contribution < 1.29 is 79.9 Å². The van der Waals surface area contributed by atoms with Gasteiger partial charge in [-0.25, -0.2) is 0 Å². The molecule has 42 heavy (non-hydrogen) atoms. The van der Waals surface area contributed by atoms with Crippen LogP contribution in [0.1, 0.15) is 23.3 Å². The van der Waals surface area contributed by atoms with Crippen LogP contribution in [0.5, 0.6) is 28.7 Å². The van der Waals surface area contributed by atoms with E-state index in [1.165, 1.54) is 6.07 Å². The van der Waals surface area contributed by atoms with Crippen molar-refractivity contribution in [2.24, 2.45) is 0 Å². The minimum Gasteiger partial charge on any atom is -0.508 e. The summed E-state index contributed by atoms with van der Waals surface area (Å²) < 4.78 is 28.1. The van der Waals surface area contributed by atoms with Crippen LogP contribution in [-0.2, 0) is 18.9 Å². The van der Waals surface area contributed by atoms with Gasteiger partial charge in [-0.15, -0.1) is 0 Å². The molecule has 2 aromatic rings. The smallest absolute Gasteiger partial charge is 0.187 e. The Labute approximate surface area is 237 Å². The molecule has 0 aliphatic carbocycles. The molecule has 0 aromatic heterocycles. The van der Waals surface area contributed by atoms with Crippen molar-refractivity contribution in [3.8, 4) is 28.7 Å². The minimum absolute atomic E-state index is 0.115.